The van der Waals surface area contributed by atoms with E-state index in [1.54, 1.807) is 25.9 Å². The topological polar surface area (TPSA) is 90.7 Å². The van der Waals surface area contributed by atoms with Gasteiger partial charge in [-0.1, -0.05) is 0 Å². The van der Waals surface area contributed by atoms with Gasteiger partial charge in [0.1, 0.15) is 4.83 Å². The molecule has 0 spiro atoms. The van der Waals surface area contributed by atoms with Gasteiger partial charge < -0.3 is 14.4 Å². The number of fused-ring (bicyclic) bond motifs is 1. The minimum atomic E-state index is -0.187. The van der Waals surface area contributed by atoms with Gasteiger partial charge in [0.05, 0.1) is 42.3 Å². The molecular formula is C19H25N3O5S. The van der Waals surface area contributed by atoms with Crippen molar-refractivity contribution in [3.63, 3.8) is 0 Å². The zero-order chi connectivity index (χ0) is 20.3. The van der Waals surface area contributed by atoms with Crippen molar-refractivity contribution in [2.45, 2.75) is 33.2 Å². The summed E-state index contributed by atoms with van der Waals surface area (Å²) in [6.45, 7) is 5.78. The fourth-order valence-corrected chi connectivity index (χ4v) is 4.54. The number of ether oxygens (including phenoxy) is 2. The second-order valence-electron chi connectivity index (χ2n) is 6.79. The summed E-state index contributed by atoms with van der Waals surface area (Å²) < 4.78 is 11.6. The number of amides is 1. The third-order valence-corrected chi connectivity index (χ3v) is 6.24. The van der Waals surface area contributed by atoms with Gasteiger partial charge in [-0.2, -0.15) is 0 Å². The molecule has 1 fully saturated rings. The minimum absolute atomic E-state index is 0.106. The fraction of sp³-hybridized carbons (Fsp3) is 0.579. The van der Waals surface area contributed by atoms with Gasteiger partial charge in [-0.05, 0) is 32.3 Å². The number of methoxy groups -OCH3 is 1. The Hall–Kier alpha value is -2.26. The summed E-state index contributed by atoms with van der Waals surface area (Å²) in [4.78, 5) is 44.9. The molecule has 1 aliphatic rings. The van der Waals surface area contributed by atoms with Crippen LogP contribution in [0.15, 0.2) is 11.1 Å². The highest BCUT2D eigenvalue weighted by Crippen LogP contribution is 2.29. The number of carbonyl (C=O) groups excluding carboxylic acids is 2. The lowest BCUT2D eigenvalue weighted by Gasteiger charge is -2.30. The van der Waals surface area contributed by atoms with Crippen molar-refractivity contribution in [1.82, 2.24) is 14.5 Å². The number of hydrogen-bond donors (Lipinski definition) is 0. The lowest BCUT2D eigenvalue weighted by atomic mass is 9.97. The standard InChI is InChI=1S/C19H25N3O5S/c1-4-27-19(25)13-5-7-21(8-6-13)18(24)15-12(2)14-16(28-15)20-11-22(17(14)23)9-10-26-3/h11,13H,4-10H2,1-3H3. The molecule has 1 saturated heterocycles. The van der Waals surface area contributed by atoms with Crippen molar-refractivity contribution >= 4 is 33.4 Å². The van der Waals surface area contributed by atoms with E-state index in [4.69, 9.17) is 9.47 Å². The van der Waals surface area contributed by atoms with Crippen LogP contribution in [0.5, 0.6) is 0 Å². The largest absolute Gasteiger partial charge is 0.466 e. The molecule has 28 heavy (non-hydrogen) atoms. The molecule has 0 aromatic carbocycles. The van der Waals surface area contributed by atoms with Crippen molar-refractivity contribution in [3.8, 4) is 0 Å². The quantitative estimate of drug-likeness (QED) is 0.679. The number of likely N-dealkylation sites (tertiary alicyclic amines) is 1. The van der Waals surface area contributed by atoms with Gasteiger partial charge in [-0.15, -0.1) is 11.3 Å². The number of carbonyl (C=O) groups is 2. The maximum atomic E-state index is 13.0. The van der Waals surface area contributed by atoms with Crippen molar-refractivity contribution in [2.24, 2.45) is 5.92 Å². The number of piperidine rings is 1. The molecule has 1 amide bonds. The van der Waals surface area contributed by atoms with E-state index >= 15 is 0 Å². The van der Waals surface area contributed by atoms with E-state index in [0.717, 1.165) is 0 Å². The second-order valence-corrected chi connectivity index (χ2v) is 7.79. The van der Waals surface area contributed by atoms with Crippen LogP contribution in [0, 0.1) is 12.8 Å². The van der Waals surface area contributed by atoms with E-state index in [0.29, 0.717) is 66.3 Å². The Morgan fingerprint density at radius 2 is 2.04 bits per heavy atom. The number of aromatic nitrogens is 2. The Morgan fingerprint density at radius 1 is 1.32 bits per heavy atom. The zero-order valence-corrected chi connectivity index (χ0v) is 17.2. The van der Waals surface area contributed by atoms with Crippen LogP contribution in [0.1, 0.15) is 35.0 Å². The third-order valence-electron chi connectivity index (χ3n) is 5.05. The highest BCUT2D eigenvalue weighted by atomic mass is 32.1. The maximum Gasteiger partial charge on any atom is 0.309 e. The Balaban J connectivity index is 1.79. The van der Waals surface area contributed by atoms with Gasteiger partial charge in [0.25, 0.3) is 11.5 Å². The highest BCUT2D eigenvalue weighted by molar-refractivity contribution is 7.20. The first-order valence-electron chi connectivity index (χ1n) is 9.41. The first kappa shape index (κ1) is 20.5. The van der Waals surface area contributed by atoms with Crippen LogP contribution in [0.25, 0.3) is 10.2 Å². The summed E-state index contributed by atoms with van der Waals surface area (Å²) in [6, 6.07) is 0. The molecule has 0 unspecified atom stereocenters. The van der Waals surface area contributed by atoms with E-state index in [1.807, 2.05) is 0 Å². The van der Waals surface area contributed by atoms with Crippen molar-refractivity contribution < 1.29 is 19.1 Å². The van der Waals surface area contributed by atoms with Crippen LogP contribution in [0.3, 0.4) is 0 Å². The van der Waals surface area contributed by atoms with Gasteiger partial charge in [0, 0.05) is 20.2 Å². The number of aryl methyl sites for hydroxylation is 1. The Morgan fingerprint density at radius 3 is 2.68 bits per heavy atom. The van der Waals surface area contributed by atoms with Crippen LogP contribution in [0.4, 0.5) is 0 Å². The monoisotopic (exact) mass is 407 g/mol. The summed E-state index contributed by atoms with van der Waals surface area (Å²) in [6.07, 6.45) is 2.69. The predicted octanol–water partition coefficient (Wildman–Crippen LogP) is 1.83. The fourth-order valence-electron chi connectivity index (χ4n) is 3.43. The summed E-state index contributed by atoms with van der Waals surface area (Å²) in [5.41, 5.74) is 0.512. The Kier molecular flexibility index (Phi) is 6.46. The summed E-state index contributed by atoms with van der Waals surface area (Å²) >= 11 is 1.25. The first-order chi connectivity index (χ1) is 13.5. The Labute approximate surface area is 167 Å². The van der Waals surface area contributed by atoms with Crippen LogP contribution in [0.2, 0.25) is 0 Å². The predicted molar refractivity (Wildman–Crippen MR) is 106 cm³/mol. The molecule has 0 N–H and O–H groups in total. The first-order valence-corrected chi connectivity index (χ1v) is 10.2. The number of hydrogen-bond acceptors (Lipinski definition) is 7. The molecule has 0 atom stereocenters. The number of nitrogens with zero attached hydrogens (tertiary/aromatic N) is 3. The van der Waals surface area contributed by atoms with Crippen LogP contribution in [-0.2, 0) is 20.8 Å². The number of rotatable bonds is 6. The molecule has 3 rings (SSSR count). The molecule has 3 heterocycles. The summed E-state index contributed by atoms with van der Waals surface area (Å²) in [5, 5.41) is 0.494. The molecule has 0 aliphatic carbocycles. The lowest BCUT2D eigenvalue weighted by Crippen LogP contribution is -2.40. The third kappa shape index (κ3) is 3.95. The normalized spacial score (nSPS) is 15.2. The SMILES string of the molecule is CCOC(=O)C1CCN(C(=O)c2sc3ncn(CCOC)c(=O)c3c2C)CC1. The van der Waals surface area contributed by atoms with E-state index in [-0.39, 0.29) is 23.4 Å². The summed E-state index contributed by atoms with van der Waals surface area (Å²) in [7, 11) is 1.58. The van der Waals surface area contributed by atoms with Gasteiger partial charge in [-0.3, -0.25) is 19.0 Å². The average molecular weight is 407 g/mol. The molecule has 2 aromatic heterocycles. The second kappa shape index (κ2) is 8.83. The molecular weight excluding hydrogens is 382 g/mol. The van der Waals surface area contributed by atoms with Crippen molar-refractivity contribution in [1.29, 1.82) is 0 Å². The summed E-state index contributed by atoms with van der Waals surface area (Å²) in [5.74, 6) is -0.443. The average Bonchev–Trinajstić information content (AvgIpc) is 3.04. The molecule has 0 saturated carbocycles. The molecule has 1 aliphatic heterocycles. The van der Waals surface area contributed by atoms with Crippen LogP contribution >= 0.6 is 11.3 Å². The van der Waals surface area contributed by atoms with E-state index in [1.165, 1.54) is 22.2 Å². The van der Waals surface area contributed by atoms with Crippen LogP contribution < -0.4 is 5.56 Å². The van der Waals surface area contributed by atoms with Crippen molar-refractivity contribution in [2.75, 3.05) is 33.4 Å². The van der Waals surface area contributed by atoms with E-state index in [9.17, 15) is 14.4 Å². The lowest BCUT2D eigenvalue weighted by molar-refractivity contribution is -0.149. The zero-order valence-electron chi connectivity index (χ0n) is 16.4. The van der Waals surface area contributed by atoms with Gasteiger partial charge in [-0.25, -0.2) is 4.98 Å². The minimum Gasteiger partial charge on any atom is -0.466 e. The van der Waals surface area contributed by atoms with Crippen molar-refractivity contribution in [3.05, 3.63) is 27.1 Å². The number of esters is 1. The van der Waals surface area contributed by atoms with Gasteiger partial charge >= 0.3 is 5.97 Å². The van der Waals surface area contributed by atoms with Gasteiger partial charge in [0.2, 0.25) is 0 Å². The van der Waals surface area contributed by atoms with Gasteiger partial charge in [0.15, 0.2) is 0 Å². The maximum absolute atomic E-state index is 13.0. The molecule has 9 heteroatoms. The molecule has 8 nitrogen and oxygen atoms in total. The molecule has 2 aromatic rings. The molecule has 0 bridgehead atoms. The number of thiophene rings is 1. The van der Waals surface area contributed by atoms with E-state index in [2.05, 4.69) is 4.98 Å². The molecule has 0 radical (unpaired) electrons. The Bertz CT molecular complexity index is 928. The smallest absolute Gasteiger partial charge is 0.309 e. The van der Waals surface area contributed by atoms with E-state index < -0.39 is 0 Å². The van der Waals surface area contributed by atoms with Crippen LogP contribution in [-0.4, -0.2) is 59.7 Å². The highest BCUT2D eigenvalue weighted by Gasteiger charge is 2.30. The molecule has 152 valence electrons.